The van der Waals surface area contributed by atoms with Gasteiger partial charge in [0.25, 0.3) is 0 Å². The van der Waals surface area contributed by atoms with Crippen LogP contribution in [0.15, 0.2) is 6.20 Å². The molecule has 0 aliphatic carbocycles. The van der Waals surface area contributed by atoms with Crippen LogP contribution in [0.3, 0.4) is 0 Å². The molecule has 0 atom stereocenters. The molecule has 0 bridgehead atoms. The van der Waals surface area contributed by atoms with E-state index in [9.17, 15) is 4.79 Å². The van der Waals surface area contributed by atoms with Gasteiger partial charge in [0.05, 0.1) is 19.3 Å². The molecule has 1 aromatic heterocycles. The summed E-state index contributed by atoms with van der Waals surface area (Å²) >= 11 is 0. The van der Waals surface area contributed by atoms with Crippen LogP contribution < -0.4 is 4.90 Å². The Hall–Kier alpha value is -2.03. The van der Waals surface area contributed by atoms with Crippen molar-refractivity contribution in [2.24, 2.45) is 0 Å². The summed E-state index contributed by atoms with van der Waals surface area (Å²) in [6.07, 6.45) is 1.03. The van der Waals surface area contributed by atoms with Crippen molar-refractivity contribution < 1.29 is 9.53 Å². The van der Waals surface area contributed by atoms with Gasteiger partial charge >= 0.3 is 6.09 Å². The first-order valence-corrected chi connectivity index (χ1v) is 5.39. The fourth-order valence-electron chi connectivity index (χ4n) is 1.70. The average molecular weight is 234 g/mol. The predicted octanol–water partition coefficient (Wildman–Crippen LogP) is 1.51. The highest BCUT2D eigenvalue weighted by molar-refractivity contribution is 5.89. The van der Waals surface area contributed by atoms with Crippen molar-refractivity contribution in [1.29, 1.82) is 5.26 Å². The van der Waals surface area contributed by atoms with Crippen LogP contribution in [0.25, 0.3) is 0 Å². The number of fused-ring (bicyclic) bond motifs is 1. The molecule has 2 heterocycles. The molecule has 0 spiro atoms. The Kier molecular flexibility index (Phi) is 2.54. The van der Waals surface area contributed by atoms with E-state index in [2.05, 4.69) is 5.10 Å². The quantitative estimate of drug-likeness (QED) is 0.682. The number of aromatic nitrogens is 2. The highest BCUT2D eigenvalue weighted by atomic mass is 16.6. The van der Waals surface area contributed by atoms with Crippen LogP contribution in [0.5, 0.6) is 0 Å². The largest absolute Gasteiger partial charge is 0.443 e. The maximum Gasteiger partial charge on any atom is 0.416 e. The topological polar surface area (TPSA) is 71.2 Å². The van der Waals surface area contributed by atoms with Gasteiger partial charge < -0.3 is 4.74 Å². The fraction of sp³-hybridized carbons (Fsp3) is 0.545. The van der Waals surface area contributed by atoms with Crippen molar-refractivity contribution >= 4 is 11.9 Å². The minimum absolute atomic E-state index is 0.397. The zero-order valence-corrected chi connectivity index (χ0v) is 10.1. The van der Waals surface area contributed by atoms with Crippen LogP contribution in [0, 0.1) is 11.3 Å². The highest BCUT2D eigenvalue weighted by Crippen LogP contribution is 2.26. The fourth-order valence-corrected chi connectivity index (χ4v) is 1.70. The summed E-state index contributed by atoms with van der Waals surface area (Å²) in [5, 5.41) is 13.0. The highest BCUT2D eigenvalue weighted by Gasteiger charge is 2.32. The standard InChI is InChI=1S/C11H14N4O2/c1-11(2,3)17-10(16)14-4-5-15-9(14)8(6-12)7-13-15/h7H,4-5H2,1-3H3. The Morgan fingerprint density at radius 3 is 2.82 bits per heavy atom. The lowest BCUT2D eigenvalue weighted by atomic mass is 10.2. The molecule has 0 saturated heterocycles. The minimum Gasteiger partial charge on any atom is -0.443 e. The average Bonchev–Trinajstić information content (AvgIpc) is 2.73. The summed E-state index contributed by atoms with van der Waals surface area (Å²) in [4.78, 5) is 13.4. The number of rotatable bonds is 0. The van der Waals surface area contributed by atoms with Crippen molar-refractivity contribution in [3.63, 3.8) is 0 Å². The summed E-state index contributed by atoms with van der Waals surface area (Å²) in [7, 11) is 0. The second-order valence-electron chi connectivity index (χ2n) is 4.85. The maximum absolute atomic E-state index is 11.9. The number of amides is 1. The maximum atomic E-state index is 11.9. The lowest BCUT2D eigenvalue weighted by Crippen LogP contribution is -2.36. The Morgan fingerprint density at radius 2 is 2.24 bits per heavy atom. The van der Waals surface area contributed by atoms with Gasteiger partial charge in [-0.25, -0.2) is 9.48 Å². The van der Waals surface area contributed by atoms with Crippen LogP contribution >= 0.6 is 0 Å². The SMILES string of the molecule is CC(C)(C)OC(=O)N1CCn2ncc(C#N)c21. The minimum atomic E-state index is -0.544. The van der Waals surface area contributed by atoms with Crippen LogP contribution in [0.2, 0.25) is 0 Å². The number of nitriles is 1. The molecular weight excluding hydrogens is 220 g/mol. The Balaban J connectivity index is 2.25. The van der Waals surface area contributed by atoms with Crippen molar-refractivity contribution in [3.05, 3.63) is 11.8 Å². The van der Waals surface area contributed by atoms with Gasteiger partial charge in [-0.1, -0.05) is 0 Å². The first-order valence-electron chi connectivity index (χ1n) is 5.39. The van der Waals surface area contributed by atoms with Gasteiger partial charge in [0.1, 0.15) is 17.2 Å². The molecule has 0 unspecified atom stereocenters. The molecule has 0 aromatic carbocycles. The van der Waals surface area contributed by atoms with Gasteiger partial charge in [-0.3, -0.25) is 4.90 Å². The molecular formula is C11H14N4O2. The van der Waals surface area contributed by atoms with Crippen molar-refractivity contribution in [3.8, 4) is 6.07 Å². The van der Waals surface area contributed by atoms with Crippen LogP contribution in [0.4, 0.5) is 10.6 Å². The smallest absolute Gasteiger partial charge is 0.416 e. The molecule has 1 aliphatic heterocycles. The number of hydrogen-bond donors (Lipinski definition) is 0. The number of carbonyl (C=O) groups excluding carboxylic acids is 1. The van der Waals surface area contributed by atoms with E-state index in [0.717, 1.165) is 0 Å². The van der Waals surface area contributed by atoms with Gasteiger partial charge in [0.15, 0.2) is 5.82 Å². The molecule has 0 N–H and O–H groups in total. The first-order chi connectivity index (χ1) is 7.92. The number of anilines is 1. The van der Waals surface area contributed by atoms with E-state index in [1.165, 1.54) is 11.1 Å². The number of ether oxygens (including phenoxy) is 1. The predicted molar refractivity (Wildman–Crippen MR) is 60.5 cm³/mol. The lowest BCUT2D eigenvalue weighted by molar-refractivity contribution is 0.0584. The van der Waals surface area contributed by atoms with Gasteiger partial charge in [-0.05, 0) is 20.8 Å². The number of nitrogens with zero attached hydrogens (tertiary/aromatic N) is 4. The zero-order chi connectivity index (χ0) is 12.6. The normalized spacial score (nSPS) is 14.4. The Labute approximate surface area is 99.4 Å². The van der Waals surface area contributed by atoms with Crippen LogP contribution in [-0.4, -0.2) is 28.0 Å². The van der Waals surface area contributed by atoms with E-state index in [0.29, 0.717) is 24.5 Å². The molecule has 2 rings (SSSR count). The van der Waals surface area contributed by atoms with E-state index >= 15 is 0 Å². The molecule has 0 fully saturated rings. The third-order valence-corrected chi connectivity index (χ3v) is 2.34. The van der Waals surface area contributed by atoms with Crippen molar-refractivity contribution in [2.75, 3.05) is 11.4 Å². The number of hydrogen-bond acceptors (Lipinski definition) is 4. The monoisotopic (exact) mass is 234 g/mol. The van der Waals surface area contributed by atoms with Gasteiger partial charge in [0, 0.05) is 0 Å². The summed E-state index contributed by atoms with van der Waals surface area (Å²) in [5.74, 6) is 0.529. The Bertz CT molecular complexity index is 493. The van der Waals surface area contributed by atoms with E-state index in [4.69, 9.17) is 10.00 Å². The first kappa shape index (κ1) is 11.5. The van der Waals surface area contributed by atoms with E-state index in [-0.39, 0.29) is 0 Å². The van der Waals surface area contributed by atoms with Gasteiger partial charge in [-0.2, -0.15) is 10.4 Å². The summed E-state index contributed by atoms with van der Waals surface area (Å²) in [5.41, 5.74) is -0.148. The van der Waals surface area contributed by atoms with Crippen molar-refractivity contribution in [1.82, 2.24) is 9.78 Å². The zero-order valence-electron chi connectivity index (χ0n) is 10.1. The third kappa shape index (κ3) is 2.09. The summed E-state index contributed by atoms with van der Waals surface area (Å²) in [6.45, 7) is 6.51. The van der Waals surface area contributed by atoms with Crippen LogP contribution in [0.1, 0.15) is 26.3 Å². The molecule has 1 aromatic rings. The van der Waals surface area contributed by atoms with Crippen molar-refractivity contribution in [2.45, 2.75) is 32.9 Å². The molecule has 1 aliphatic rings. The second-order valence-corrected chi connectivity index (χ2v) is 4.85. The lowest BCUT2D eigenvalue weighted by Gasteiger charge is -2.23. The molecule has 1 amide bonds. The van der Waals surface area contributed by atoms with E-state index < -0.39 is 11.7 Å². The van der Waals surface area contributed by atoms with Gasteiger partial charge in [0.2, 0.25) is 0 Å². The molecule has 0 saturated carbocycles. The second kappa shape index (κ2) is 3.77. The Morgan fingerprint density at radius 1 is 1.53 bits per heavy atom. The summed E-state index contributed by atoms with van der Waals surface area (Å²) < 4.78 is 6.93. The third-order valence-electron chi connectivity index (χ3n) is 2.34. The molecule has 17 heavy (non-hydrogen) atoms. The van der Waals surface area contributed by atoms with E-state index in [1.807, 2.05) is 26.8 Å². The molecule has 0 radical (unpaired) electrons. The van der Waals surface area contributed by atoms with Gasteiger partial charge in [-0.15, -0.1) is 0 Å². The number of carbonyl (C=O) groups is 1. The summed E-state index contributed by atoms with van der Waals surface area (Å²) in [6, 6.07) is 2.02. The van der Waals surface area contributed by atoms with E-state index in [1.54, 1.807) is 4.68 Å². The molecule has 90 valence electrons. The van der Waals surface area contributed by atoms with Crippen LogP contribution in [-0.2, 0) is 11.3 Å². The molecule has 6 nitrogen and oxygen atoms in total. The molecule has 6 heteroatoms.